The molecule has 1 amide bonds. The van der Waals surface area contributed by atoms with Crippen LogP contribution in [0.25, 0.3) is 0 Å². The minimum Gasteiger partial charge on any atom is -0.357 e. The molecule has 2 heterocycles. The maximum Gasteiger partial charge on any atom is 0.253 e. The van der Waals surface area contributed by atoms with E-state index in [0.29, 0.717) is 6.04 Å². The van der Waals surface area contributed by atoms with Crippen molar-refractivity contribution in [3.05, 3.63) is 47.2 Å². The normalized spacial score (nSPS) is 17.3. The SMILES string of the molecule is Cc1cc(N(C)C2CCCCC2)nc(SCc2cccc(C(=O)N3CCCC3)c2)n1. The third-order valence-electron chi connectivity index (χ3n) is 6.24. The zero-order valence-corrected chi connectivity index (χ0v) is 19.0. The number of carbonyl (C=O) groups is 1. The molecule has 0 N–H and O–H groups in total. The van der Waals surface area contributed by atoms with Gasteiger partial charge in [0.25, 0.3) is 5.91 Å². The Hall–Kier alpha value is -2.08. The smallest absolute Gasteiger partial charge is 0.253 e. The van der Waals surface area contributed by atoms with Crippen molar-refractivity contribution in [1.29, 1.82) is 0 Å². The van der Waals surface area contributed by atoms with Gasteiger partial charge in [-0.2, -0.15) is 0 Å². The van der Waals surface area contributed by atoms with Crippen LogP contribution in [-0.2, 0) is 5.75 Å². The highest BCUT2D eigenvalue weighted by Gasteiger charge is 2.21. The van der Waals surface area contributed by atoms with Crippen LogP contribution in [0.5, 0.6) is 0 Å². The number of aromatic nitrogens is 2. The number of hydrogen-bond donors (Lipinski definition) is 0. The van der Waals surface area contributed by atoms with E-state index in [4.69, 9.17) is 4.98 Å². The second-order valence-electron chi connectivity index (χ2n) is 8.54. The average Bonchev–Trinajstić information content (AvgIpc) is 3.32. The van der Waals surface area contributed by atoms with Crippen molar-refractivity contribution in [3.8, 4) is 0 Å². The molecule has 1 aliphatic heterocycles. The number of rotatable bonds is 6. The maximum atomic E-state index is 12.7. The first kappa shape index (κ1) is 21.2. The molecule has 160 valence electrons. The maximum absolute atomic E-state index is 12.7. The lowest BCUT2D eigenvalue weighted by atomic mass is 9.94. The van der Waals surface area contributed by atoms with Crippen LogP contribution in [0.3, 0.4) is 0 Å². The molecule has 1 saturated carbocycles. The predicted octanol–water partition coefficient (Wildman–Crippen LogP) is 5.08. The number of carbonyl (C=O) groups excluding carboxylic acids is 1. The summed E-state index contributed by atoms with van der Waals surface area (Å²) < 4.78 is 0. The lowest BCUT2D eigenvalue weighted by molar-refractivity contribution is 0.0792. The molecule has 6 heteroatoms. The number of amides is 1. The molecule has 1 aromatic carbocycles. The molecule has 5 nitrogen and oxygen atoms in total. The molecule has 2 fully saturated rings. The summed E-state index contributed by atoms with van der Waals surface area (Å²) in [5, 5.41) is 0.809. The number of anilines is 1. The third kappa shape index (κ3) is 5.15. The van der Waals surface area contributed by atoms with E-state index in [2.05, 4.69) is 29.1 Å². The van der Waals surface area contributed by atoms with E-state index in [-0.39, 0.29) is 5.91 Å². The van der Waals surface area contributed by atoms with Gasteiger partial charge in [0, 0.05) is 49.3 Å². The summed E-state index contributed by atoms with van der Waals surface area (Å²) in [7, 11) is 2.17. The first-order chi connectivity index (χ1) is 14.6. The molecule has 1 aliphatic carbocycles. The van der Waals surface area contributed by atoms with Gasteiger partial charge in [0.05, 0.1) is 0 Å². The summed E-state index contributed by atoms with van der Waals surface area (Å²) in [6, 6.07) is 10.7. The number of aryl methyl sites for hydroxylation is 1. The summed E-state index contributed by atoms with van der Waals surface area (Å²) in [6.07, 6.45) is 8.71. The van der Waals surface area contributed by atoms with E-state index in [1.54, 1.807) is 11.8 Å². The van der Waals surface area contributed by atoms with Gasteiger partial charge in [0.1, 0.15) is 5.82 Å². The number of nitrogens with zero attached hydrogens (tertiary/aromatic N) is 4. The Labute approximate surface area is 184 Å². The van der Waals surface area contributed by atoms with Crippen LogP contribution in [0.15, 0.2) is 35.5 Å². The zero-order chi connectivity index (χ0) is 20.9. The summed E-state index contributed by atoms with van der Waals surface area (Å²) in [6.45, 7) is 3.80. The van der Waals surface area contributed by atoms with Crippen LogP contribution in [0.2, 0.25) is 0 Å². The molecule has 0 spiro atoms. The molecule has 0 unspecified atom stereocenters. The minimum absolute atomic E-state index is 0.155. The lowest BCUT2D eigenvalue weighted by Gasteiger charge is -2.32. The van der Waals surface area contributed by atoms with Crippen LogP contribution in [0.1, 0.15) is 66.6 Å². The standard InChI is InChI=1S/C24H32N4OS/c1-18-15-22(27(2)21-11-4-3-5-12-21)26-24(25-18)30-17-19-9-8-10-20(16-19)23(29)28-13-6-7-14-28/h8-10,15-16,21H,3-7,11-14,17H2,1-2H3. The fraction of sp³-hybridized carbons (Fsp3) is 0.542. The Bertz CT molecular complexity index is 875. The Morgan fingerprint density at radius 1 is 1.10 bits per heavy atom. The predicted molar refractivity (Wildman–Crippen MR) is 123 cm³/mol. The zero-order valence-electron chi connectivity index (χ0n) is 18.1. The molecule has 30 heavy (non-hydrogen) atoms. The number of benzene rings is 1. The Balaban J connectivity index is 1.43. The first-order valence-electron chi connectivity index (χ1n) is 11.2. The summed E-state index contributed by atoms with van der Waals surface area (Å²) in [5.41, 5.74) is 2.93. The number of hydrogen-bond acceptors (Lipinski definition) is 5. The topological polar surface area (TPSA) is 49.3 Å². The van der Waals surface area contributed by atoms with Crippen molar-refractivity contribution in [3.63, 3.8) is 0 Å². The van der Waals surface area contributed by atoms with Crippen LogP contribution in [0.4, 0.5) is 5.82 Å². The van der Waals surface area contributed by atoms with E-state index in [0.717, 1.165) is 59.5 Å². The molecule has 4 rings (SSSR count). The number of likely N-dealkylation sites (tertiary alicyclic amines) is 1. The molecule has 0 bridgehead atoms. The Morgan fingerprint density at radius 2 is 1.87 bits per heavy atom. The van der Waals surface area contributed by atoms with Gasteiger partial charge in [-0.25, -0.2) is 9.97 Å². The van der Waals surface area contributed by atoms with Gasteiger partial charge in [0.15, 0.2) is 5.16 Å². The van der Waals surface area contributed by atoms with Crippen molar-refractivity contribution >= 4 is 23.5 Å². The largest absolute Gasteiger partial charge is 0.357 e. The summed E-state index contributed by atoms with van der Waals surface area (Å²) in [5.74, 6) is 1.94. The van der Waals surface area contributed by atoms with Crippen LogP contribution in [-0.4, -0.2) is 47.0 Å². The van der Waals surface area contributed by atoms with Gasteiger partial charge in [-0.15, -0.1) is 0 Å². The first-order valence-corrected chi connectivity index (χ1v) is 12.2. The van der Waals surface area contributed by atoms with Crippen molar-refractivity contribution in [1.82, 2.24) is 14.9 Å². The van der Waals surface area contributed by atoms with Gasteiger partial charge in [-0.3, -0.25) is 4.79 Å². The second-order valence-corrected chi connectivity index (χ2v) is 9.48. The van der Waals surface area contributed by atoms with Crippen molar-refractivity contribution in [2.24, 2.45) is 0 Å². The molecule has 1 saturated heterocycles. The van der Waals surface area contributed by atoms with E-state index in [1.807, 2.05) is 30.0 Å². The van der Waals surface area contributed by atoms with E-state index < -0.39 is 0 Å². The van der Waals surface area contributed by atoms with Gasteiger partial charge in [0.2, 0.25) is 0 Å². The Kier molecular flexibility index (Phi) is 6.93. The Morgan fingerprint density at radius 3 is 2.63 bits per heavy atom. The quantitative estimate of drug-likeness (QED) is 0.478. The van der Waals surface area contributed by atoms with Crippen LogP contribution < -0.4 is 4.90 Å². The summed E-state index contributed by atoms with van der Waals surface area (Å²) >= 11 is 1.64. The van der Waals surface area contributed by atoms with Crippen LogP contribution in [0, 0.1) is 6.92 Å². The van der Waals surface area contributed by atoms with Crippen molar-refractivity contribution in [2.75, 3.05) is 25.0 Å². The van der Waals surface area contributed by atoms with Gasteiger partial charge in [-0.05, 0) is 50.3 Å². The third-order valence-corrected chi connectivity index (χ3v) is 7.16. The summed E-state index contributed by atoms with van der Waals surface area (Å²) in [4.78, 5) is 26.5. The van der Waals surface area contributed by atoms with Crippen LogP contribution >= 0.6 is 11.8 Å². The fourth-order valence-electron chi connectivity index (χ4n) is 4.47. The van der Waals surface area contributed by atoms with Gasteiger partial charge < -0.3 is 9.80 Å². The molecular formula is C24H32N4OS. The van der Waals surface area contributed by atoms with Gasteiger partial charge >= 0.3 is 0 Å². The molecule has 2 aromatic rings. The highest BCUT2D eigenvalue weighted by atomic mass is 32.2. The second kappa shape index (κ2) is 9.82. The average molecular weight is 425 g/mol. The molecule has 1 aromatic heterocycles. The molecular weight excluding hydrogens is 392 g/mol. The minimum atomic E-state index is 0.155. The van der Waals surface area contributed by atoms with E-state index >= 15 is 0 Å². The van der Waals surface area contributed by atoms with Crippen molar-refractivity contribution in [2.45, 2.75) is 68.8 Å². The molecule has 0 radical (unpaired) electrons. The molecule has 0 atom stereocenters. The highest BCUT2D eigenvalue weighted by molar-refractivity contribution is 7.98. The van der Waals surface area contributed by atoms with E-state index in [1.165, 1.54) is 32.1 Å². The molecule has 2 aliphatic rings. The lowest BCUT2D eigenvalue weighted by Crippen LogP contribution is -2.34. The highest BCUT2D eigenvalue weighted by Crippen LogP contribution is 2.28. The fourth-order valence-corrected chi connectivity index (χ4v) is 5.31. The monoisotopic (exact) mass is 424 g/mol. The number of thioether (sulfide) groups is 1. The van der Waals surface area contributed by atoms with Crippen molar-refractivity contribution < 1.29 is 4.79 Å². The van der Waals surface area contributed by atoms with Gasteiger partial charge in [-0.1, -0.05) is 43.2 Å². The van der Waals surface area contributed by atoms with E-state index in [9.17, 15) is 4.79 Å².